The van der Waals surface area contributed by atoms with Crippen molar-refractivity contribution in [3.8, 4) is 0 Å². The smallest absolute Gasteiger partial charge is 0.162 e. The second-order valence-electron chi connectivity index (χ2n) is 9.78. The van der Waals surface area contributed by atoms with Gasteiger partial charge in [0.25, 0.3) is 0 Å². The van der Waals surface area contributed by atoms with Gasteiger partial charge in [-0.3, -0.25) is 4.79 Å². The number of para-hydroxylation sites is 1. The highest BCUT2D eigenvalue weighted by atomic mass is 16.1. The van der Waals surface area contributed by atoms with Crippen LogP contribution < -0.4 is 9.80 Å². The summed E-state index contributed by atoms with van der Waals surface area (Å²) in [7, 11) is 4.13. The van der Waals surface area contributed by atoms with Gasteiger partial charge in [-0.25, -0.2) is 0 Å². The average Bonchev–Trinajstić information content (AvgIpc) is 3.02. The fourth-order valence-corrected chi connectivity index (χ4v) is 5.68. The zero-order valence-corrected chi connectivity index (χ0v) is 19.8. The fraction of sp³-hybridized carbons (Fsp3) is 0.481. The summed E-state index contributed by atoms with van der Waals surface area (Å²) in [5.41, 5.74) is 5.70. The van der Waals surface area contributed by atoms with E-state index in [1.54, 1.807) is 0 Å². The van der Waals surface area contributed by atoms with Gasteiger partial charge in [-0.2, -0.15) is 0 Å². The van der Waals surface area contributed by atoms with Crippen LogP contribution in [0.25, 0.3) is 0 Å². The predicted octanol–water partition coefficient (Wildman–Crippen LogP) is 4.08. The summed E-state index contributed by atoms with van der Waals surface area (Å²) in [6, 6.07) is 14.7. The molecule has 2 aromatic rings. The number of Topliss-reactive ketones (excluding diaryl/α,β-unsaturated/α-hetero) is 1. The van der Waals surface area contributed by atoms with E-state index in [0.29, 0.717) is 19.0 Å². The standard InChI is InChI=1S/C27H35N3O2/c1-20-10-12-21(13-11-20)24(32)9-6-15-29-16-14-25-27(2,19-29)22-7-5-8-23(28(3)4)26(22)30(25)17-18-31/h5,7-8,10-13,18,25H,6,9,14-17,19H2,1-4H3. The molecule has 2 aliphatic rings. The summed E-state index contributed by atoms with van der Waals surface area (Å²) in [5, 5.41) is 0. The first kappa shape index (κ1) is 22.5. The van der Waals surface area contributed by atoms with Crippen molar-refractivity contribution in [2.45, 2.75) is 44.6 Å². The molecule has 0 spiro atoms. The molecular formula is C27H35N3O2. The number of carbonyl (C=O) groups is 2. The number of aldehydes is 1. The second kappa shape index (κ2) is 9.07. The Morgan fingerprint density at radius 3 is 2.62 bits per heavy atom. The number of piperidine rings is 1. The molecule has 0 amide bonds. The topological polar surface area (TPSA) is 43.9 Å². The molecule has 1 fully saturated rings. The van der Waals surface area contributed by atoms with E-state index in [1.807, 2.05) is 31.2 Å². The Morgan fingerprint density at radius 2 is 1.94 bits per heavy atom. The summed E-state index contributed by atoms with van der Waals surface area (Å²) in [6.45, 7) is 7.70. The van der Waals surface area contributed by atoms with Crippen LogP contribution in [0.2, 0.25) is 0 Å². The number of nitrogens with zero attached hydrogens (tertiary/aromatic N) is 3. The van der Waals surface area contributed by atoms with Crippen molar-refractivity contribution in [1.82, 2.24) is 4.90 Å². The van der Waals surface area contributed by atoms with Crippen LogP contribution in [0.4, 0.5) is 11.4 Å². The maximum absolute atomic E-state index is 12.6. The van der Waals surface area contributed by atoms with Crippen molar-refractivity contribution in [2.75, 3.05) is 50.1 Å². The van der Waals surface area contributed by atoms with Gasteiger partial charge in [0, 0.05) is 50.6 Å². The fourth-order valence-electron chi connectivity index (χ4n) is 5.68. The Balaban J connectivity index is 1.47. The molecule has 2 atom stereocenters. The summed E-state index contributed by atoms with van der Waals surface area (Å²) in [6.07, 6.45) is 3.51. The van der Waals surface area contributed by atoms with Crippen LogP contribution in [-0.4, -0.2) is 63.3 Å². The van der Waals surface area contributed by atoms with Gasteiger partial charge < -0.3 is 19.5 Å². The molecule has 4 rings (SSSR count). The summed E-state index contributed by atoms with van der Waals surface area (Å²) in [5.74, 6) is 0.227. The largest absolute Gasteiger partial charge is 0.376 e. The minimum absolute atomic E-state index is 0.0242. The van der Waals surface area contributed by atoms with Crippen LogP contribution in [0, 0.1) is 6.92 Å². The molecule has 2 aromatic carbocycles. The van der Waals surface area contributed by atoms with Crippen LogP contribution in [0.3, 0.4) is 0 Å². The van der Waals surface area contributed by atoms with Gasteiger partial charge in [-0.05, 0) is 37.9 Å². The number of ketones is 1. The highest BCUT2D eigenvalue weighted by Crippen LogP contribution is 2.52. The number of aryl methyl sites for hydroxylation is 1. The average molecular weight is 434 g/mol. The van der Waals surface area contributed by atoms with Gasteiger partial charge in [-0.1, -0.05) is 48.9 Å². The van der Waals surface area contributed by atoms with E-state index in [4.69, 9.17) is 0 Å². The van der Waals surface area contributed by atoms with Crippen LogP contribution in [0.5, 0.6) is 0 Å². The molecule has 32 heavy (non-hydrogen) atoms. The Labute approximate surface area is 192 Å². The van der Waals surface area contributed by atoms with E-state index in [2.05, 4.69) is 53.9 Å². The lowest BCUT2D eigenvalue weighted by Gasteiger charge is -2.45. The lowest BCUT2D eigenvalue weighted by atomic mass is 9.74. The first-order valence-electron chi connectivity index (χ1n) is 11.7. The maximum atomic E-state index is 12.6. The molecule has 2 unspecified atom stereocenters. The number of carbonyl (C=O) groups excluding carboxylic acids is 2. The Bertz CT molecular complexity index is 985. The number of hydrogen-bond acceptors (Lipinski definition) is 5. The van der Waals surface area contributed by atoms with Gasteiger partial charge in [-0.15, -0.1) is 0 Å². The predicted molar refractivity (Wildman–Crippen MR) is 131 cm³/mol. The number of anilines is 2. The van der Waals surface area contributed by atoms with E-state index in [1.165, 1.54) is 22.5 Å². The van der Waals surface area contributed by atoms with Crippen molar-refractivity contribution in [3.63, 3.8) is 0 Å². The molecule has 0 N–H and O–H groups in total. The van der Waals surface area contributed by atoms with Crippen LogP contribution >= 0.6 is 0 Å². The molecular weight excluding hydrogens is 398 g/mol. The molecule has 170 valence electrons. The highest BCUT2D eigenvalue weighted by molar-refractivity contribution is 5.96. The van der Waals surface area contributed by atoms with E-state index in [-0.39, 0.29) is 11.2 Å². The van der Waals surface area contributed by atoms with E-state index in [9.17, 15) is 9.59 Å². The maximum Gasteiger partial charge on any atom is 0.162 e. The van der Waals surface area contributed by atoms with Gasteiger partial charge >= 0.3 is 0 Å². The summed E-state index contributed by atoms with van der Waals surface area (Å²) < 4.78 is 0. The molecule has 0 radical (unpaired) electrons. The second-order valence-corrected chi connectivity index (χ2v) is 9.78. The van der Waals surface area contributed by atoms with Crippen LogP contribution in [0.1, 0.15) is 47.7 Å². The Kier molecular flexibility index (Phi) is 6.38. The Morgan fingerprint density at radius 1 is 1.19 bits per heavy atom. The van der Waals surface area contributed by atoms with Crippen molar-refractivity contribution in [3.05, 3.63) is 59.2 Å². The van der Waals surface area contributed by atoms with Crippen molar-refractivity contribution in [1.29, 1.82) is 0 Å². The summed E-state index contributed by atoms with van der Waals surface area (Å²) >= 11 is 0. The van der Waals surface area contributed by atoms with Gasteiger partial charge in [0.1, 0.15) is 6.29 Å². The highest BCUT2D eigenvalue weighted by Gasteiger charge is 2.51. The van der Waals surface area contributed by atoms with Crippen molar-refractivity contribution < 1.29 is 9.59 Å². The first-order valence-corrected chi connectivity index (χ1v) is 11.7. The number of hydrogen-bond donors (Lipinski definition) is 0. The molecule has 0 bridgehead atoms. The first-order chi connectivity index (χ1) is 15.3. The van der Waals surface area contributed by atoms with Crippen molar-refractivity contribution in [2.24, 2.45) is 0 Å². The monoisotopic (exact) mass is 433 g/mol. The van der Waals surface area contributed by atoms with E-state index in [0.717, 1.165) is 44.3 Å². The van der Waals surface area contributed by atoms with E-state index < -0.39 is 0 Å². The van der Waals surface area contributed by atoms with Crippen LogP contribution in [-0.2, 0) is 10.2 Å². The van der Waals surface area contributed by atoms with Crippen molar-refractivity contribution >= 4 is 23.4 Å². The van der Waals surface area contributed by atoms with Crippen LogP contribution in [0.15, 0.2) is 42.5 Å². The lowest BCUT2D eigenvalue weighted by molar-refractivity contribution is -0.106. The van der Waals surface area contributed by atoms with Gasteiger partial charge in [0.05, 0.1) is 17.9 Å². The molecule has 5 heteroatoms. The van der Waals surface area contributed by atoms with Gasteiger partial charge in [0.15, 0.2) is 5.78 Å². The molecule has 0 saturated carbocycles. The third-order valence-corrected chi connectivity index (χ3v) is 7.30. The quantitative estimate of drug-likeness (QED) is 0.464. The number of fused-ring (bicyclic) bond motifs is 3. The Hall–Kier alpha value is -2.66. The molecule has 0 aromatic heterocycles. The number of benzene rings is 2. The lowest BCUT2D eigenvalue weighted by Crippen LogP contribution is -2.55. The number of likely N-dealkylation sites (tertiary alicyclic amines) is 1. The molecule has 1 saturated heterocycles. The number of rotatable bonds is 8. The molecule has 2 aliphatic heterocycles. The molecule has 2 heterocycles. The minimum atomic E-state index is -0.0242. The molecule has 5 nitrogen and oxygen atoms in total. The minimum Gasteiger partial charge on any atom is -0.376 e. The zero-order valence-electron chi connectivity index (χ0n) is 19.8. The summed E-state index contributed by atoms with van der Waals surface area (Å²) in [4.78, 5) is 31.1. The normalized spacial score (nSPS) is 22.4. The molecule has 0 aliphatic carbocycles. The third-order valence-electron chi connectivity index (χ3n) is 7.30. The third kappa shape index (κ3) is 4.06. The van der Waals surface area contributed by atoms with Gasteiger partial charge in [0.2, 0.25) is 0 Å². The zero-order chi connectivity index (χ0) is 22.9. The van der Waals surface area contributed by atoms with E-state index >= 15 is 0 Å². The SMILES string of the molecule is Cc1ccc(C(=O)CCCN2CCC3N(CC=O)c4c(N(C)C)cccc4C3(C)C2)cc1.